The number of nitrogens with zero attached hydrogens (tertiary/aromatic N) is 1. The molecule has 80 valence electrons. The number of ketones is 1. The van der Waals surface area contributed by atoms with E-state index in [0.717, 1.165) is 29.3 Å². The van der Waals surface area contributed by atoms with E-state index in [4.69, 9.17) is 0 Å². The van der Waals surface area contributed by atoms with Gasteiger partial charge < -0.3 is 0 Å². The highest BCUT2D eigenvalue weighted by molar-refractivity contribution is 6.08. The molecule has 0 aliphatic heterocycles. The monoisotopic (exact) mass is 211 g/mol. The first kappa shape index (κ1) is 9.52. The van der Waals surface area contributed by atoms with E-state index in [1.54, 1.807) is 6.20 Å². The van der Waals surface area contributed by atoms with Crippen LogP contribution in [0.1, 0.15) is 29.6 Å². The first-order chi connectivity index (χ1) is 7.86. The van der Waals surface area contributed by atoms with Crippen LogP contribution in [0, 0.1) is 5.92 Å². The smallest absolute Gasteiger partial charge is 0.166 e. The van der Waals surface area contributed by atoms with Crippen molar-refractivity contribution in [1.82, 2.24) is 4.98 Å². The Bertz CT molecular complexity index is 538. The second kappa shape index (κ2) is 3.71. The second-order valence-electron chi connectivity index (χ2n) is 4.37. The summed E-state index contributed by atoms with van der Waals surface area (Å²) in [5, 5.41) is 0.988. The molecule has 1 aromatic heterocycles. The summed E-state index contributed by atoms with van der Waals surface area (Å²) >= 11 is 0. The summed E-state index contributed by atoms with van der Waals surface area (Å²) in [6.45, 7) is 0. The molecule has 1 heterocycles. The lowest BCUT2D eigenvalue weighted by atomic mass is 9.79. The van der Waals surface area contributed by atoms with Crippen LogP contribution in [-0.4, -0.2) is 10.8 Å². The average molecular weight is 211 g/mol. The Labute approximate surface area is 94.3 Å². The number of para-hydroxylation sites is 1. The summed E-state index contributed by atoms with van der Waals surface area (Å²) < 4.78 is 0. The highest BCUT2D eigenvalue weighted by atomic mass is 16.1. The van der Waals surface area contributed by atoms with Crippen LogP contribution in [0.5, 0.6) is 0 Å². The van der Waals surface area contributed by atoms with E-state index in [1.807, 2.05) is 30.3 Å². The van der Waals surface area contributed by atoms with Gasteiger partial charge in [0, 0.05) is 23.1 Å². The van der Waals surface area contributed by atoms with Crippen LogP contribution in [-0.2, 0) is 0 Å². The Morgan fingerprint density at radius 2 is 2.00 bits per heavy atom. The van der Waals surface area contributed by atoms with Gasteiger partial charge in [0.1, 0.15) is 0 Å². The van der Waals surface area contributed by atoms with Gasteiger partial charge in [-0.05, 0) is 25.0 Å². The molecule has 1 fully saturated rings. The zero-order valence-electron chi connectivity index (χ0n) is 9.02. The largest absolute Gasteiger partial charge is 0.294 e. The number of aromatic nitrogens is 1. The molecule has 2 nitrogen and oxygen atoms in total. The fraction of sp³-hybridized carbons (Fsp3) is 0.286. The summed E-state index contributed by atoms with van der Waals surface area (Å²) in [4.78, 5) is 16.5. The molecule has 0 spiro atoms. The number of carbonyl (C=O) groups excluding carboxylic acids is 1. The molecule has 0 radical (unpaired) electrons. The van der Waals surface area contributed by atoms with Crippen molar-refractivity contribution in [3.63, 3.8) is 0 Å². The van der Waals surface area contributed by atoms with Gasteiger partial charge in [-0.2, -0.15) is 0 Å². The third kappa shape index (κ3) is 1.42. The number of carbonyl (C=O) groups is 1. The molecule has 0 unspecified atom stereocenters. The maximum absolute atomic E-state index is 12.2. The number of hydrogen-bond acceptors (Lipinski definition) is 2. The lowest BCUT2D eigenvalue weighted by Gasteiger charge is -2.24. The highest BCUT2D eigenvalue weighted by Gasteiger charge is 2.27. The molecule has 0 atom stereocenters. The summed E-state index contributed by atoms with van der Waals surface area (Å²) in [5.74, 6) is 0.552. The number of rotatable bonds is 2. The Morgan fingerprint density at radius 1 is 1.19 bits per heavy atom. The second-order valence-corrected chi connectivity index (χ2v) is 4.37. The standard InChI is InChI=1S/C14H13NO/c16-14(10-4-3-5-10)12-8-9-15-13-7-2-1-6-11(12)13/h1-2,6-10H,3-5H2. The lowest BCUT2D eigenvalue weighted by molar-refractivity contribution is 0.0857. The van der Waals surface area contributed by atoms with Crippen molar-refractivity contribution in [2.75, 3.05) is 0 Å². The van der Waals surface area contributed by atoms with Crippen molar-refractivity contribution >= 4 is 16.7 Å². The molecule has 0 bridgehead atoms. The van der Waals surface area contributed by atoms with Gasteiger partial charge in [-0.1, -0.05) is 24.6 Å². The first-order valence-electron chi connectivity index (χ1n) is 5.74. The first-order valence-corrected chi connectivity index (χ1v) is 5.74. The Balaban J connectivity index is 2.12. The van der Waals surface area contributed by atoms with E-state index in [0.29, 0.717) is 5.78 Å². The number of fused-ring (bicyclic) bond motifs is 1. The molecular weight excluding hydrogens is 198 g/mol. The third-order valence-electron chi connectivity index (χ3n) is 3.39. The van der Waals surface area contributed by atoms with Crippen molar-refractivity contribution in [3.8, 4) is 0 Å². The van der Waals surface area contributed by atoms with Crippen LogP contribution >= 0.6 is 0 Å². The predicted molar refractivity (Wildman–Crippen MR) is 63.4 cm³/mol. The molecule has 1 aliphatic rings. The van der Waals surface area contributed by atoms with Crippen molar-refractivity contribution in [2.45, 2.75) is 19.3 Å². The van der Waals surface area contributed by atoms with Gasteiger partial charge in [-0.3, -0.25) is 9.78 Å². The number of pyridine rings is 1. The van der Waals surface area contributed by atoms with E-state index in [2.05, 4.69) is 4.98 Å². The number of hydrogen-bond donors (Lipinski definition) is 0. The van der Waals surface area contributed by atoms with Crippen LogP contribution in [0.15, 0.2) is 36.5 Å². The molecule has 2 heteroatoms. The molecule has 1 saturated carbocycles. The SMILES string of the molecule is O=C(c1ccnc2ccccc12)C1CCC1. The Hall–Kier alpha value is -1.70. The normalized spacial score (nSPS) is 16.0. The van der Waals surface area contributed by atoms with Crippen molar-refractivity contribution in [1.29, 1.82) is 0 Å². The quantitative estimate of drug-likeness (QED) is 0.714. The van der Waals surface area contributed by atoms with Crippen LogP contribution in [0.25, 0.3) is 10.9 Å². The minimum Gasteiger partial charge on any atom is -0.294 e. The minimum atomic E-state index is 0.255. The van der Waals surface area contributed by atoms with Crippen LogP contribution < -0.4 is 0 Å². The van der Waals surface area contributed by atoms with E-state index in [-0.39, 0.29) is 5.92 Å². The third-order valence-corrected chi connectivity index (χ3v) is 3.39. The molecule has 3 rings (SSSR count). The van der Waals surface area contributed by atoms with Crippen LogP contribution in [0.2, 0.25) is 0 Å². The van der Waals surface area contributed by atoms with Gasteiger partial charge in [0.15, 0.2) is 5.78 Å². The average Bonchev–Trinajstić information content (AvgIpc) is 2.26. The summed E-state index contributed by atoms with van der Waals surface area (Å²) in [5.41, 5.74) is 1.75. The van der Waals surface area contributed by atoms with Gasteiger partial charge in [-0.25, -0.2) is 0 Å². The van der Waals surface area contributed by atoms with E-state index in [1.165, 1.54) is 6.42 Å². The van der Waals surface area contributed by atoms with Gasteiger partial charge in [0.25, 0.3) is 0 Å². The molecule has 0 amide bonds. The molecule has 16 heavy (non-hydrogen) atoms. The van der Waals surface area contributed by atoms with Crippen molar-refractivity contribution < 1.29 is 4.79 Å². The molecule has 1 aromatic carbocycles. The Kier molecular flexibility index (Phi) is 2.21. The van der Waals surface area contributed by atoms with Gasteiger partial charge in [-0.15, -0.1) is 0 Å². The molecular formula is C14H13NO. The highest BCUT2D eigenvalue weighted by Crippen LogP contribution is 2.31. The molecule has 1 aliphatic carbocycles. The van der Waals surface area contributed by atoms with Gasteiger partial charge in [0.05, 0.1) is 5.52 Å². The van der Waals surface area contributed by atoms with Crippen molar-refractivity contribution in [2.24, 2.45) is 5.92 Å². The summed E-state index contributed by atoms with van der Waals surface area (Å²) in [6.07, 6.45) is 5.03. The molecule has 0 saturated heterocycles. The zero-order valence-corrected chi connectivity index (χ0v) is 9.02. The topological polar surface area (TPSA) is 30.0 Å². The van der Waals surface area contributed by atoms with Crippen LogP contribution in [0.4, 0.5) is 0 Å². The van der Waals surface area contributed by atoms with E-state index >= 15 is 0 Å². The molecule has 0 N–H and O–H groups in total. The summed E-state index contributed by atoms with van der Waals surface area (Å²) in [6, 6.07) is 9.69. The Morgan fingerprint density at radius 3 is 2.75 bits per heavy atom. The fourth-order valence-electron chi connectivity index (χ4n) is 2.20. The predicted octanol–water partition coefficient (Wildman–Crippen LogP) is 3.22. The van der Waals surface area contributed by atoms with Crippen LogP contribution in [0.3, 0.4) is 0 Å². The van der Waals surface area contributed by atoms with Crippen molar-refractivity contribution in [3.05, 3.63) is 42.1 Å². The number of Topliss-reactive ketones (excluding diaryl/α,β-unsaturated/α-hetero) is 1. The molecule has 2 aromatic rings. The maximum Gasteiger partial charge on any atom is 0.166 e. The fourth-order valence-corrected chi connectivity index (χ4v) is 2.20. The number of benzene rings is 1. The minimum absolute atomic E-state index is 0.255. The van der Waals surface area contributed by atoms with E-state index in [9.17, 15) is 4.79 Å². The summed E-state index contributed by atoms with van der Waals surface area (Å²) in [7, 11) is 0. The van der Waals surface area contributed by atoms with Gasteiger partial charge in [0.2, 0.25) is 0 Å². The maximum atomic E-state index is 12.2. The van der Waals surface area contributed by atoms with Gasteiger partial charge >= 0.3 is 0 Å². The zero-order chi connectivity index (χ0) is 11.0. The van der Waals surface area contributed by atoms with E-state index < -0.39 is 0 Å². The lowest BCUT2D eigenvalue weighted by Crippen LogP contribution is -2.22.